The summed E-state index contributed by atoms with van der Waals surface area (Å²) in [5, 5.41) is 42.9. The molecular formula is C26H12Cl4N8O4Rb2. The summed E-state index contributed by atoms with van der Waals surface area (Å²) in [6.07, 6.45) is 2.79. The van der Waals surface area contributed by atoms with E-state index < -0.39 is 11.6 Å². The number of rotatable bonds is 7. The molecule has 6 aromatic rings. The van der Waals surface area contributed by atoms with E-state index in [1.54, 1.807) is 12.1 Å². The second-order valence-corrected chi connectivity index (χ2v) is 10.3. The van der Waals surface area contributed by atoms with Gasteiger partial charge < -0.3 is 35.6 Å². The Bertz CT molecular complexity index is 1870. The standard InChI is InChI=1S/C26H14Cl4N8O4.2Rb/c27-14-7-17(23(41)12-3-1-10(5-18(12)39)15-8-31-36-34-15)38(26(14)30)22-20(28)25(29)33-21(22)24(42)13-4-2-11(6-19(13)40)16-9-32-37-35-16;;/h1-9H,(H5,31,32,33,34,35,36,37,39,40,41,42);;/q;2*+1/p-2. The summed E-state index contributed by atoms with van der Waals surface area (Å²) in [6.45, 7) is 0. The smallest absolute Gasteiger partial charge is 0.507 e. The average molecular weight is 813 g/mol. The normalized spacial score (nSPS) is 10.7. The van der Waals surface area contributed by atoms with Gasteiger partial charge in [-0.15, -0.1) is 0 Å². The van der Waals surface area contributed by atoms with Crippen LogP contribution in [0.5, 0.6) is 11.5 Å². The molecule has 4 aromatic heterocycles. The van der Waals surface area contributed by atoms with Gasteiger partial charge in [-0.25, -0.2) is 0 Å². The summed E-state index contributed by atoms with van der Waals surface area (Å²) < 4.78 is 1.14. The first-order valence-corrected chi connectivity index (χ1v) is 13.2. The monoisotopic (exact) mass is 810 g/mol. The number of phenols is 2. The number of H-pyrrole nitrogens is 1. The fourth-order valence-electron chi connectivity index (χ4n) is 4.32. The predicted octanol–water partition coefficient (Wildman–Crippen LogP) is -0.871. The predicted molar refractivity (Wildman–Crippen MR) is 152 cm³/mol. The SMILES string of the molecule is O=C(c1ccc(-c2c[n-]nn2)cc1O)c1[nH]c(Cl)c(Cl)c1-n1c(C(=O)c2ccc(-c3c[n-]nn3)cc2O)cc(Cl)c1Cl.[Rb+].[Rb+]. The van der Waals surface area contributed by atoms with Gasteiger partial charge in [0.05, 0.1) is 27.5 Å². The number of hydrogen-bond donors (Lipinski definition) is 3. The molecule has 0 aliphatic carbocycles. The fourth-order valence-corrected chi connectivity index (χ4v) is 5.15. The Kier molecular flexibility index (Phi) is 12.1. The van der Waals surface area contributed by atoms with E-state index >= 15 is 0 Å². The molecule has 0 fully saturated rings. The van der Waals surface area contributed by atoms with Crippen LogP contribution in [0.3, 0.4) is 0 Å². The van der Waals surface area contributed by atoms with Gasteiger partial charge in [-0.2, -0.15) is 0 Å². The van der Waals surface area contributed by atoms with E-state index in [-0.39, 0.29) is 176 Å². The molecule has 6 rings (SSSR count). The van der Waals surface area contributed by atoms with Gasteiger partial charge in [-0.1, -0.05) is 70.9 Å². The second kappa shape index (κ2) is 14.8. The minimum Gasteiger partial charge on any atom is -0.507 e. The van der Waals surface area contributed by atoms with Crippen LogP contribution in [0.25, 0.3) is 28.2 Å². The average Bonchev–Trinajstić information content (AvgIpc) is 3.78. The van der Waals surface area contributed by atoms with E-state index in [2.05, 4.69) is 35.8 Å². The van der Waals surface area contributed by atoms with Crippen molar-refractivity contribution in [3.8, 4) is 39.7 Å². The van der Waals surface area contributed by atoms with Crippen molar-refractivity contribution >= 4 is 58.0 Å². The number of aromatic amines is 1. The third kappa shape index (κ3) is 6.69. The number of nitrogens with one attached hydrogen (secondary N) is 1. The zero-order chi connectivity index (χ0) is 29.7. The summed E-state index contributed by atoms with van der Waals surface area (Å²) >= 11 is 25.7. The molecule has 18 heteroatoms. The van der Waals surface area contributed by atoms with Crippen LogP contribution in [-0.2, 0) is 0 Å². The van der Waals surface area contributed by atoms with Crippen molar-refractivity contribution in [1.82, 2.24) is 40.4 Å². The van der Waals surface area contributed by atoms with Crippen LogP contribution in [0.2, 0.25) is 20.4 Å². The maximum absolute atomic E-state index is 13.7. The third-order valence-electron chi connectivity index (χ3n) is 6.30. The maximum Gasteiger partial charge on any atom is 1.00 e. The largest absolute Gasteiger partial charge is 1.00 e. The van der Waals surface area contributed by atoms with Gasteiger partial charge >= 0.3 is 116 Å². The molecule has 0 spiro atoms. The number of hydrogen-bond acceptors (Lipinski definition) is 8. The number of phenolic OH excluding ortho intramolecular Hbond substituents is 2. The van der Waals surface area contributed by atoms with Crippen LogP contribution in [0.1, 0.15) is 32.1 Å². The fraction of sp³-hybridized carbons (Fsp3) is 0. The summed E-state index contributed by atoms with van der Waals surface area (Å²) in [4.78, 5) is 30.1. The Hall–Kier alpha value is -1.01. The molecule has 0 saturated heterocycles. The maximum atomic E-state index is 13.7. The number of carbonyl (C=O) groups is 2. The van der Waals surface area contributed by atoms with Gasteiger partial charge in [0, 0.05) is 0 Å². The Labute approximate surface area is 365 Å². The molecule has 2 aromatic carbocycles. The molecule has 0 bridgehead atoms. The zero-order valence-corrected chi connectivity index (χ0v) is 35.4. The first kappa shape index (κ1) is 35.8. The number of nitrogens with zero attached hydrogens (tertiary/aromatic N) is 7. The van der Waals surface area contributed by atoms with Crippen molar-refractivity contribution in [2.45, 2.75) is 0 Å². The molecule has 0 aliphatic rings. The Morgan fingerprint density at radius 3 is 1.77 bits per heavy atom. The molecule has 0 amide bonds. The first-order valence-electron chi connectivity index (χ1n) is 11.7. The van der Waals surface area contributed by atoms with E-state index in [1.165, 1.54) is 42.7 Å². The molecule has 3 N–H and O–H groups in total. The summed E-state index contributed by atoms with van der Waals surface area (Å²) in [5.41, 5.74) is 1.05. The van der Waals surface area contributed by atoms with Crippen LogP contribution in [0.4, 0.5) is 0 Å². The van der Waals surface area contributed by atoms with Crippen molar-refractivity contribution in [2.24, 2.45) is 0 Å². The zero-order valence-electron chi connectivity index (χ0n) is 22.5. The molecule has 0 aliphatic heterocycles. The van der Waals surface area contributed by atoms with Gasteiger partial charge in [-0.05, 0) is 52.8 Å². The van der Waals surface area contributed by atoms with Gasteiger partial charge in [0.1, 0.15) is 32.5 Å². The number of aromatic hydroxyl groups is 2. The quantitative estimate of drug-likeness (QED) is 0.172. The van der Waals surface area contributed by atoms with Crippen LogP contribution in [0.15, 0.2) is 54.9 Å². The number of halogens is 4. The first-order chi connectivity index (χ1) is 20.2. The van der Waals surface area contributed by atoms with E-state index in [9.17, 15) is 19.8 Å². The number of ketones is 2. The number of aromatic nitrogens is 8. The Morgan fingerprint density at radius 2 is 1.30 bits per heavy atom. The van der Waals surface area contributed by atoms with Crippen LogP contribution in [0, 0.1) is 0 Å². The molecule has 12 nitrogen and oxygen atoms in total. The summed E-state index contributed by atoms with van der Waals surface area (Å²) in [6, 6.07) is 9.76. The number of carbonyl (C=O) groups excluding carboxylic acids is 2. The van der Waals surface area contributed by atoms with Crippen molar-refractivity contribution < 1.29 is 136 Å². The minimum absolute atomic E-state index is 0. The van der Waals surface area contributed by atoms with Crippen molar-refractivity contribution in [3.05, 3.63) is 97.7 Å². The van der Waals surface area contributed by atoms with E-state index in [0.29, 0.717) is 22.5 Å². The van der Waals surface area contributed by atoms with Crippen LogP contribution < -0.4 is 127 Å². The summed E-state index contributed by atoms with van der Waals surface area (Å²) in [7, 11) is 0. The topological polar surface area (TPSA) is 175 Å². The van der Waals surface area contributed by atoms with Gasteiger partial charge in [0.2, 0.25) is 11.6 Å². The van der Waals surface area contributed by atoms with E-state index in [4.69, 9.17) is 46.4 Å². The second-order valence-electron chi connectivity index (χ2n) is 8.74. The van der Waals surface area contributed by atoms with Crippen molar-refractivity contribution in [2.75, 3.05) is 0 Å². The van der Waals surface area contributed by atoms with Gasteiger partial charge in [-0.3, -0.25) is 24.6 Å². The Balaban J connectivity index is 0.00000221. The summed E-state index contributed by atoms with van der Waals surface area (Å²) in [5.74, 6) is -2.19. The van der Waals surface area contributed by atoms with Gasteiger partial charge in [0.15, 0.2) is 0 Å². The molecule has 0 radical (unpaired) electrons. The molecule has 44 heavy (non-hydrogen) atoms. The number of benzene rings is 2. The van der Waals surface area contributed by atoms with E-state index in [1.807, 2.05) is 0 Å². The molecule has 4 heterocycles. The molecular weight excluding hydrogens is 801 g/mol. The van der Waals surface area contributed by atoms with E-state index in [0.717, 1.165) is 4.57 Å². The Morgan fingerprint density at radius 1 is 0.773 bits per heavy atom. The van der Waals surface area contributed by atoms with Crippen LogP contribution >= 0.6 is 46.4 Å². The van der Waals surface area contributed by atoms with Crippen LogP contribution in [-0.4, -0.2) is 52.0 Å². The van der Waals surface area contributed by atoms with Crippen molar-refractivity contribution in [1.29, 1.82) is 0 Å². The molecule has 0 atom stereocenters. The third-order valence-corrected chi connectivity index (χ3v) is 7.80. The molecule has 210 valence electrons. The van der Waals surface area contributed by atoms with Crippen molar-refractivity contribution in [3.63, 3.8) is 0 Å². The van der Waals surface area contributed by atoms with Gasteiger partial charge in [0.25, 0.3) is 0 Å². The minimum atomic E-state index is -0.731. The molecule has 0 unspecified atom stereocenters. The molecule has 0 saturated carbocycles.